The number of aromatic nitrogens is 1. The number of pyridine rings is 1. The van der Waals surface area contributed by atoms with E-state index in [9.17, 15) is 9.59 Å². The number of carbonyl (C=O) groups excluding carboxylic acids is 1. The number of amides is 2. The van der Waals surface area contributed by atoms with Gasteiger partial charge in [-0.05, 0) is 48.4 Å². The molecule has 6 heteroatoms. The third-order valence-corrected chi connectivity index (χ3v) is 4.15. The van der Waals surface area contributed by atoms with Gasteiger partial charge in [0, 0.05) is 24.5 Å². The molecule has 0 unspecified atom stereocenters. The second kappa shape index (κ2) is 9.41. The Morgan fingerprint density at radius 2 is 1.68 bits per heavy atom. The number of nitrogens with one attached hydrogen (secondary N) is 2. The van der Waals surface area contributed by atoms with Crippen molar-refractivity contribution in [3.8, 4) is 5.75 Å². The quantitative estimate of drug-likeness (QED) is 0.661. The van der Waals surface area contributed by atoms with Crippen molar-refractivity contribution >= 4 is 11.7 Å². The van der Waals surface area contributed by atoms with E-state index in [1.807, 2.05) is 49.4 Å². The highest BCUT2D eigenvalue weighted by Crippen LogP contribution is 2.15. The topological polar surface area (TPSA) is 72.4 Å². The molecule has 2 N–H and O–H groups in total. The largest absolute Gasteiger partial charge is 0.494 e. The summed E-state index contributed by atoms with van der Waals surface area (Å²) in [4.78, 5) is 23.8. The second-order valence-corrected chi connectivity index (χ2v) is 6.25. The molecule has 6 nitrogen and oxygen atoms in total. The number of benzene rings is 2. The highest BCUT2D eigenvalue weighted by molar-refractivity contribution is 5.89. The molecule has 0 aliphatic carbocycles. The van der Waals surface area contributed by atoms with Crippen molar-refractivity contribution in [3.05, 3.63) is 94.4 Å². The van der Waals surface area contributed by atoms with Gasteiger partial charge in [0.2, 0.25) is 0 Å². The third kappa shape index (κ3) is 5.48. The van der Waals surface area contributed by atoms with E-state index in [0.717, 1.165) is 16.9 Å². The minimum absolute atomic E-state index is 0.0285. The summed E-state index contributed by atoms with van der Waals surface area (Å²) in [6, 6.07) is 19.9. The van der Waals surface area contributed by atoms with Gasteiger partial charge in [-0.3, -0.25) is 4.79 Å². The van der Waals surface area contributed by atoms with E-state index in [4.69, 9.17) is 4.74 Å². The molecule has 28 heavy (non-hydrogen) atoms. The fraction of sp³-hybridized carbons (Fsp3) is 0.182. The van der Waals surface area contributed by atoms with Gasteiger partial charge in [-0.15, -0.1) is 0 Å². The lowest BCUT2D eigenvalue weighted by atomic mass is 10.1. The van der Waals surface area contributed by atoms with Gasteiger partial charge in [-0.25, -0.2) is 4.79 Å². The molecule has 0 spiro atoms. The predicted molar refractivity (Wildman–Crippen MR) is 110 cm³/mol. The molecule has 144 valence electrons. The van der Waals surface area contributed by atoms with Crippen LogP contribution in [0.3, 0.4) is 0 Å². The molecule has 1 aromatic heterocycles. The smallest absolute Gasteiger partial charge is 0.319 e. The Morgan fingerprint density at radius 3 is 2.36 bits per heavy atom. The first kappa shape index (κ1) is 19.2. The number of carbonyl (C=O) groups is 1. The van der Waals surface area contributed by atoms with E-state index in [1.165, 1.54) is 0 Å². The molecule has 0 saturated heterocycles. The molecule has 3 rings (SSSR count). The summed E-state index contributed by atoms with van der Waals surface area (Å²) in [7, 11) is 0. The van der Waals surface area contributed by atoms with Crippen LogP contribution in [0, 0.1) is 0 Å². The molecular formula is C22H23N3O3. The van der Waals surface area contributed by atoms with Gasteiger partial charge in [-0.2, -0.15) is 0 Å². The first-order chi connectivity index (χ1) is 13.6. The number of anilines is 1. The standard InChI is InChI=1S/C22H23N3O3/c1-2-28-20-12-10-19(11-13-20)24-22(27)23-15-17-6-8-18(9-7-17)16-25-14-4-3-5-21(25)26/h3-14H,2,15-16H2,1H3,(H2,23,24,27). The van der Waals surface area contributed by atoms with E-state index >= 15 is 0 Å². The maximum absolute atomic E-state index is 12.1. The van der Waals surface area contributed by atoms with Crippen molar-refractivity contribution in [1.82, 2.24) is 9.88 Å². The Kier molecular flexibility index (Phi) is 6.46. The summed E-state index contributed by atoms with van der Waals surface area (Å²) < 4.78 is 7.03. The maximum Gasteiger partial charge on any atom is 0.319 e. The van der Waals surface area contributed by atoms with Gasteiger partial charge in [0.05, 0.1) is 13.2 Å². The Morgan fingerprint density at radius 1 is 0.964 bits per heavy atom. The molecule has 0 bridgehead atoms. The Hall–Kier alpha value is -3.54. The second-order valence-electron chi connectivity index (χ2n) is 6.25. The Bertz CT molecular complexity index is 963. The van der Waals surface area contributed by atoms with Gasteiger partial charge in [-0.1, -0.05) is 30.3 Å². The summed E-state index contributed by atoms with van der Waals surface area (Å²) in [6.45, 7) is 3.46. The van der Waals surface area contributed by atoms with E-state index < -0.39 is 0 Å². The molecule has 0 radical (unpaired) electrons. The van der Waals surface area contributed by atoms with Gasteiger partial charge >= 0.3 is 6.03 Å². The van der Waals surface area contributed by atoms with E-state index in [2.05, 4.69) is 10.6 Å². The highest BCUT2D eigenvalue weighted by Gasteiger charge is 2.03. The van der Waals surface area contributed by atoms with E-state index in [0.29, 0.717) is 25.4 Å². The average Bonchev–Trinajstić information content (AvgIpc) is 2.71. The van der Waals surface area contributed by atoms with Crippen LogP contribution in [0.25, 0.3) is 0 Å². The number of ether oxygens (including phenoxy) is 1. The normalized spacial score (nSPS) is 10.3. The van der Waals surface area contributed by atoms with Crippen LogP contribution >= 0.6 is 0 Å². The first-order valence-corrected chi connectivity index (χ1v) is 9.15. The summed E-state index contributed by atoms with van der Waals surface area (Å²) in [5.41, 5.74) is 2.67. The fourth-order valence-corrected chi connectivity index (χ4v) is 2.71. The van der Waals surface area contributed by atoms with Crippen molar-refractivity contribution < 1.29 is 9.53 Å². The van der Waals surface area contributed by atoms with Crippen LogP contribution in [-0.4, -0.2) is 17.2 Å². The molecule has 3 aromatic rings. The lowest BCUT2D eigenvalue weighted by Gasteiger charge is -2.10. The van der Waals surface area contributed by atoms with Crippen LogP contribution in [0.4, 0.5) is 10.5 Å². The lowest BCUT2D eigenvalue weighted by Crippen LogP contribution is -2.28. The first-order valence-electron chi connectivity index (χ1n) is 9.15. The number of urea groups is 1. The van der Waals surface area contributed by atoms with E-state index in [-0.39, 0.29) is 11.6 Å². The van der Waals surface area contributed by atoms with Gasteiger partial charge in [0.15, 0.2) is 0 Å². The van der Waals surface area contributed by atoms with Crippen LogP contribution in [0.1, 0.15) is 18.1 Å². The van der Waals surface area contributed by atoms with E-state index in [1.54, 1.807) is 35.0 Å². The van der Waals surface area contributed by atoms with Crippen LogP contribution < -0.4 is 20.9 Å². The zero-order valence-electron chi connectivity index (χ0n) is 15.7. The van der Waals surface area contributed by atoms with Crippen molar-refractivity contribution in [1.29, 1.82) is 0 Å². The molecule has 1 heterocycles. The zero-order chi connectivity index (χ0) is 19.8. The van der Waals surface area contributed by atoms with Crippen molar-refractivity contribution in [2.24, 2.45) is 0 Å². The van der Waals surface area contributed by atoms with Crippen LogP contribution in [0.5, 0.6) is 5.75 Å². The van der Waals surface area contributed by atoms with Crippen LogP contribution in [-0.2, 0) is 13.1 Å². The molecule has 2 amide bonds. The number of hydrogen-bond donors (Lipinski definition) is 2. The zero-order valence-corrected chi connectivity index (χ0v) is 15.7. The summed E-state index contributed by atoms with van der Waals surface area (Å²) >= 11 is 0. The minimum Gasteiger partial charge on any atom is -0.494 e. The van der Waals surface area contributed by atoms with Crippen LogP contribution in [0.15, 0.2) is 77.7 Å². The third-order valence-electron chi connectivity index (χ3n) is 4.15. The van der Waals surface area contributed by atoms with Crippen molar-refractivity contribution in [3.63, 3.8) is 0 Å². The Balaban J connectivity index is 1.49. The molecule has 0 aliphatic rings. The molecule has 2 aromatic carbocycles. The lowest BCUT2D eigenvalue weighted by molar-refractivity contribution is 0.251. The number of nitrogens with zero attached hydrogens (tertiary/aromatic N) is 1. The van der Waals surface area contributed by atoms with Crippen LogP contribution in [0.2, 0.25) is 0 Å². The average molecular weight is 377 g/mol. The molecule has 0 atom stereocenters. The molecule has 0 aliphatic heterocycles. The summed E-state index contributed by atoms with van der Waals surface area (Å²) in [6.07, 6.45) is 1.77. The fourth-order valence-electron chi connectivity index (χ4n) is 2.71. The SMILES string of the molecule is CCOc1ccc(NC(=O)NCc2ccc(Cn3ccccc3=O)cc2)cc1. The van der Waals surface area contributed by atoms with Gasteiger partial charge in [0.1, 0.15) is 5.75 Å². The van der Waals surface area contributed by atoms with Gasteiger partial charge in [0.25, 0.3) is 5.56 Å². The number of rotatable bonds is 7. The summed E-state index contributed by atoms with van der Waals surface area (Å²) in [5.74, 6) is 0.770. The Labute approximate surface area is 163 Å². The summed E-state index contributed by atoms with van der Waals surface area (Å²) in [5, 5.41) is 5.62. The van der Waals surface area contributed by atoms with Gasteiger partial charge < -0.3 is 19.9 Å². The van der Waals surface area contributed by atoms with Crippen molar-refractivity contribution in [2.45, 2.75) is 20.0 Å². The molecule has 0 fully saturated rings. The minimum atomic E-state index is -0.274. The number of hydrogen-bond acceptors (Lipinski definition) is 3. The van der Waals surface area contributed by atoms with Crippen molar-refractivity contribution in [2.75, 3.05) is 11.9 Å². The maximum atomic E-state index is 12.1. The molecular weight excluding hydrogens is 354 g/mol. The highest BCUT2D eigenvalue weighted by atomic mass is 16.5. The molecule has 0 saturated carbocycles. The predicted octanol–water partition coefficient (Wildman–Crippen LogP) is 3.62. The monoisotopic (exact) mass is 377 g/mol.